The first-order valence-electron chi connectivity index (χ1n) is 30.8. The van der Waals surface area contributed by atoms with Gasteiger partial charge in [-0.2, -0.15) is 17.8 Å². The smallest absolute Gasteiger partial charge is 0.243 e. The molecule has 0 fully saturated rings. The first-order valence-corrected chi connectivity index (χ1v) is 34.4. The zero-order valence-electron chi connectivity index (χ0n) is 52.5. The summed E-state index contributed by atoms with van der Waals surface area (Å²) in [5.74, 6) is 1.31. The normalized spacial score (nSPS) is 14.2. The molecule has 12 nitrogen and oxygen atoms in total. The molecule has 4 heterocycles. The minimum atomic E-state index is -3.82. The highest BCUT2D eigenvalue weighted by Gasteiger charge is 2.33. The number of rotatable bonds is 12. The highest BCUT2D eigenvalue weighted by molar-refractivity contribution is 7.89. The third-order valence-corrected chi connectivity index (χ3v) is 22.9. The molecule has 6 aliphatic rings. The third-order valence-electron chi connectivity index (χ3n) is 18.1. The van der Waals surface area contributed by atoms with Gasteiger partial charge in [0.1, 0.15) is 34.8 Å². The summed E-state index contributed by atoms with van der Waals surface area (Å²) >= 11 is 13.1. The molecule has 8 aromatic rings. The molecule has 92 heavy (non-hydrogen) atoms. The van der Waals surface area contributed by atoms with Crippen molar-refractivity contribution in [1.29, 1.82) is 0 Å². The van der Waals surface area contributed by atoms with Crippen LogP contribution in [0.3, 0.4) is 0 Å². The van der Waals surface area contributed by atoms with E-state index < -0.39 is 20.0 Å². The summed E-state index contributed by atoms with van der Waals surface area (Å²) in [6.45, 7) is 9.30. The lowest BCUT2D eigenvalue weighted by molar-refractivity contribution is 0.410. The van der Waals surface area contributed by atoms with E-state index in [2.05, 4.69) is 94.4 Å². The van der Waals surface area contributed by atoms with Gasteiger partial charge in [0.15, 0.2) is 6.54 Å². The van der Waals surface area contributed by atoms with Crippen LogP contribution in [-0.4, -0.2) is 78.8 Å². The van der Waals surface area contributed by atoms with Crippen LogP contribution in [0.5, 0.6) is 0 Å². The van der Waals surface area contributed by atoms with Gasteiger partial charge in [-0.15, -0.1) is 0 Å². The number of para-hydroxylation sites is 4. The van der Waals surface area contributed by atoms with Crippen molar-refractivity contribution >= 4 is 99.3 Å². The van der Waals surface area contributed by atoms with Crippen LogP contribution in [0.15, 0.2) is 237 Å². The molecule has 0 aromatic heterocycles. The van der Waals surface area contributed by atoms with Crippen molar-refractivity contribution in [2.75, 3.05) is 51.1 Å². The predicted molar refractivity (Wildman–Crippen MR) is 376 cm³/mol. The predicted octanol–water partition coefficient (Wildman–Crippen LogP) is 16.6. The molecule has 0 N–H and O–H groups in total. The van der Waals surface area contributed by atoms with E-state index in [9.17, 15) is 16.8 Å². The molecule has 4 aliphatic heterocycles. The van der Waals surface area contributed by atoms with Crippen molar-refractivity contribution in [2.24, 2.45) is 0 Å². The average molecular weight is 1300 g/mol. The highest BCUT2D eigenvalue weighted by atomic mass is 35.5. The second-order valence-electron chi connectivity index (χ2n) is 24.0. The summed E-state index contributed by atoms with van der Waals surface area (Å²) < 4.78 is 76.6. The number of fused-ring (bicyclic) bond motifs is 6. The maximum absolute atomic E-state index is 14.0. The number of anilines is 4. The molecule has 464 valence electrons. The second-order valence-corrected chi connectivity index (χ2v) is 28.7. The number of hydrogen-bond donors (Lipinski definition) is 0. The standard InChI is InChI=1S/C39H36N3O3S.C37H34Cl2N3O3S/c1-26(2)40(3)46(43,44)38-15-9-6-12-33(38)39-31-18-16-29(41-22-20-27-10-4-7-13-34(27)41)24-36(31)45-37-25-30(17-19-32(37)39)42-23-21-28-11-5-8-14-35(28)42;1-24(2)42(5)46(43,44)36-17-11-6-12-29(36)37-27-20-18-25(40(3)32-15-9-7-13-30(32)38)22-34(27)45-35-23-26(19-21-28(35)37)41(4)33-16-10-8-14-31(33)39/h4-19,24-26H,20-23H2,1-3H3;6-24H,1-5H3/q2*+1. The van der Waals surface area contributed by atoms with Crippen molar-refractivity contribution in [3.63, 3.8) is 0 Å². The summed E-state index contributed by atoms with van der Waals surface area (Å²) in [6, 6.07) is 71.0. The van der Waals surface area contributed by atoms with Crippen molar-refractivity contribution < 1.29 is 25.7 Å². The number of hydrogen-bond acceptors (Lipinski definition) is 8. The van der Waals surface area contributed by atoms with Crippen LogP contribution in [0.1, 0.15) is 38.8 Å². The Labute approximate surface area is 547 Å². The fourth-order valence-corrected chi connectivity index (χ4v) is 16.3. The topological polar surface area (TPSA) is 114 Å². The highest BCUT2D eigenvalue weighted by Crippen LogP contribution is 2.47. The number of halogens is 2. The number of sulfonamides is 2. The quantitative estimate of drug-likeness (QED) is 0.0878. The Morgan fingerprint density at radius 2 is 1.07 bits per heavy atom. The second kappa shape index (κ2) is 25.0. The van der Waals surface area contributed by atoms with Crippen LogP contribution >= 0.6 is 23.2 Å². The summed E-state index contributed by atoms with van der Waals surface area (Å²) in [5, 5.41) is 4.82. The third kappa shape index (κ3) is 11.3. The van der Waals surface area contributed by atoms with Gasteiger partial charge in [-0.3, -0.25) is 0 Å². The van der Waals surface area contributed by atoms with E-state index in [1.54, 1.807) is 38.4 Å². The van der Waals surface area contributed by atoms with Crippen LogP contribution in [0, 0.1) is 0 Å². The average Bonchev–Trinajstić information content (AvgIpc) is 0.778. The van der Waals surface area contributed by atoms with E-state index in [0.717, 1.165) is 92.4 Å². The Hall–Kier alpha value is -8.86. The van der Waals surface area contributed by atoms with Gasteiger partial charge in [-0.1, -0.05) is 120 Å². The summed E-state index contributed by atoms with van der Waals surface area (Å²) in [5.41, 5.74) is 14.6. The van der Waals surface area contributed by atoms with E-state index in [1.807, 2.05) is 160 Å². The minimum absolute atomic E-state index is 0.186. The van der Waals surface area contributed by atoms with Crippen molar-refractivity contribution in [2.45, 2.75) is 62.4 Å². The van der Waals surface area contributed by atoms with E-state index in [-0.39, 0.29) is 21.9 Å². The number of nitrogens with zero attached hydrogens (tertiary/aromatic N) is 6. The minimum Gasteiger partial charge on any atom is -0.456 e. The molecule has 0 spiro atoms. The molecule has 8 aromatic carbocycles. The Balaban J connectivity index is 0.000000168. The van der Waals surface area contributed by atoms with Gasteiger partial charge >= 0.3 is 0 Å². The molecule has 0 saturated carbocycles. The fraction of sp³-hybridized carbons (Fsp3) is 0.184. The monoisotopic (exact) mass is 1300 g/mol. The fourth-order valence-electron chi connectivity index (χ4n) is 12.7. The summed E-state index contributed by atoms with van der Waals surface area (Å²) in [4.78, 5) is 4.85. The van der Waals surface area contributed by atoms with Crippen molar-refractivity contribution in [3.05, 3.63) is 250 Å². The summed E-state index contributed by atoms with van der Waals surface area (Å²) in [6.07, 6.45) is 1.98. The lowest BCUT2D eigenvalue weighted by Crippen LogP contribution is -2.33. The van der Waals surface area contributed by atoms with Crippen LogP contribution in [0.25, 0.3) is 66.8 Å². The van der Waals surface area contributed by atoms with E-state index >= 15 is 0 Å². The maximum Gasteiger partial charge on any atom is 0.243 e. The molecular weight excluding hydrogens is 1230 g/mol. The maximum atomic E-state index is 14.0. The van der Waals surface area contributed by atoms with Crippen LogP contribution in [0.2, 0.25) is 10.0 Å². The van der Waals surface area contributed by atoms with E-state index in [0.29, 0.717) is 43.9 Å². The first kappa shape index (κ1) is 62.0. The Kier molecular flexibility index (Phi) is 16.8. The van der Waals surface area contributed by atoms with Gasteiger partial charge < -0.3 is 18.6 Å². The van der Waals surface area contributed by atoms with Gasteiger partial charge in [0.05, 0.1) is 32.6 Å². The van der Waals surface area contributed by atoms with E-state index in [1.165, 1.54) is 31.1 Å². The Bertz CT molecular complexity index is 5200. The first-order chi connectivity index (χ1) is 44.3. The largest absolute Gasteiger partial charge is 0.456 e. The zero-order valence-corrected chi connectivity index (χ0v) is 55.6. The lowest BCUT2D eigenvalue weighted by Gasteiger charge is -2.24. The van der Waals surface area contributed by atoms with Gasteiger partial charge in [0, 0.05) is 149 Å². The zero-order chi connectivity index (χ0) is 64.3. The van der Waals surface area contributed by atoms with Crippen molar-refractivity contribution in [3.8, 4) is 44.9 Å². The molecule has 0 amide bonds. The molecule has 0 bridgehead atoms. The van der Waals surface area contributed by atoms with Gasteiger partial charge in [0.25, 0.3) is 0 Å². The summed E-state index contributed by atoms with van der Waals surface area (Å²) in [7, 11) is -0.443. The van der Waals surface area contributed by atoms with Crippen LogP contribution in [0.4, 0.5) is 34.1 Å². The lowest BCUT2D eigenvalue weighted by atomic mass is 9.93. The molecule has 0 saturated heterocycles. The van der Waals surface area contributed by atoms with Crippen LogP contribution in [-0.2, 0) is 32.9 Å². The molecule has 16 heteroatoms. The Morgan fingerprint density at radius 1 is 0.522 bits per heavy atom. The van der Waals surface area contributed by atoms with Gasteiger partial charge in [0.2, 0.25) is 42.1 Å². The number of benzene rings is 10. The SMILES string of the molecule is CC(C)N(C)S(=O)(=O)c1ccccc1-c1c2ccc(=[N+](C)c3ccccc3Cl)cc-2oc2cc(N(C)c3ccccc3Cl)ccc12.CC(C)N(C)S(=O)(=O)c1ccccc1-c1c2ccc(=[N+]3CCc4ccccc43)cc-2oc2cc(N3CCc4ccccc43)ccc12. The molecule has 2 aliphatic carbocycles. The van der Waals surface area contributed by atoms with E-state index in [4.69, 9.17) is 32.0 Å². The van der Waals surface area contributed by atoms with Crippen molar-refractivity contribution in [1.82, 2.24) is 17.8 Å². The van der Waals surface area contributed by atoms with Crippen LogP contribution < -0.4 is 29.7 Å². The molecular formula is C76H70Cl2N6O6S2+2. The van der Waals surface area contributed by atoms with Gasteiger partial charge in [-0.05, 0) is 112 Å². The molecule has 0 unspecified atom stereocenters. The Morgan fingerprint density at radius 3 is 1.72 bits per heavy atom. The van der Waals surface area contributed by atoms with Gasteiger partial charge in [-0.25, -0.2) is 16.8 Å². The molecule has 0 radical (unpaired) electrons. The molecule has 14 rings (SSSR count). The molecule has 0 atom stereocenters.